The van der Waals surface area contributed by atoms with Gasteiger partial charge >= 0.3 is 0 Å². The van der Waals surface area contributed by atoms with Crippen LogP contribution in [0.2, 0.25) is 0 Å². The predicted octanol–water partition coefficient (Wildman–Crippen LogP) is 1.61. The molecule has 13 heavy (non-hydrogen) atoms. The Bertz CT molecular complexity index is 441. The highest BCUT2D eigenvalue weighted by Gasteiger charge is 2.15. The molecule has 0 bridgehead atoms. The number of fused-ring (bicyclic) bond motifs is 1. The second-order valence-corrected chi connectivity index (χ2v) is 3.27. The average molecular weight is 202 g/mol. The van der Waals surface area contributed by atoms with Crippen LogP contribution in [0.5, 0.6) is 0 Å². The Morgan fingerprint density at radius 2 is 2.15 bits per heavy atom. The van der Waals surface area contributed by atoms with E-state index in [0.29, 0.717) is 4.83 Å². The van der Waals surface area contributed by atoms with Gasteiger partial charge in [0.1, 0.15) is 16.7 Å². The first-order valence-corrected chi connectivity index (χ1v) is 4.15. The quantitative estimate of drug-likeness (QED) is 0.762. The molecule has 0 fully saturated rings. The van der Waals surface area contributed by atoms with Crippen LogP contribution >= 0.6 is 11.3 Å². The van der Waals surface area contributed by atoms with Crippen LogP contribution < -0.4 is 5.73 Å². The van der Waals surface area contributed by atoms with Gasteiger partial charge in [-0.2, -0.15) is 0 Å². The third kappa shape index (κ3) is 1.31. The number of thiazole rings is 1. The molecule has 0 saturated heterocycles. The number of alkyl halides is 2. The molecule has 0 saturated carbocycles. The van der Waals surface area contributed by atoms with Gasteiger partial charge in [-0.1, -0.05) is 11.3 Å². The largest absolute Gasteiger partial charge is 0.382 e. The van der Waals surface area contributed by atoms with Gasteiger partial charge in [-0.3, -0.25) is 0 Å². The summed E-state index contributed by atoms with van der Waals surface area (Å²) in [6.07, 6.45) is -1.36. The molecule has 7 heteroatoms. The summed E-state index contributed by atoms with van der Waals surface area (Å²) < 4.78 is 24.4. The topological polar surface area (TPSA) is 64.7 Å². The molecule has 0 aliphatic rings. The molecule has 0 aliphatic carbocycles. The first-order chi connectivity index (χ1) is 6.18. The van der Waals surface area contributed by atoms with Crippen molar-refractivity contribution < 1.29 is 8.78 Å². The maximum atomic E-state index is 12.2. The van der Waals surface area contributed by atoms with Crippen molar-refractivity contribution in [2.45, 2.75) is 6.43 Å². The van der Waals surface area contributed by atoms with Gasteiger partial charge < -0.3 is 5.73 Å². The van der Waals surface area contributed by atoms with Crippen molar-refractivity contribution in [3.8, 4) is 0 Å². The van der Waals surface area contributed by atoms with E-state index in [0.717, 1.165) is 11.3 Å². The van der Waals surface area contributed by atoms with Gasteiger partial charge in [-0.05, 0) is 0 Å². The fraction of sp³-hybridized carbons (Fsp3) is 0.167. The van der Waals surface area contributed by atoms with Crippen molar-refractivity contribution in [1.82, 2.24) is 15.0 Å². The van der Waals surface area contributed by atoms with Gasteiger partial charge in [0.2, 0.25) is 0 Å². The van der Waals surface area contributed by atoms with Crippen molar-refractivity contribution in [2.24, 2.45) is 0 Å². The van der Waals surface area contributed by atoms with E-state index in [-0.39, 0.29) is 16.3 Å². The van der Waals surface area contributed by atoms with Crippen molar-refractivity contribution in [3.05, 3.63) is 11.3 Å². The van der Waals surface area contributed by atoms with E-state index in [2.05, 4.69) is 15.0 Å². The Kier molecular flexibility index (Phi) is 1.80. The van der Waals surface area contributed by atoms with E-state index in [1.54, 1.807) is 0 Å². The lowest BCUT2D eigenvalue weighted by atomic mass is 10.5. The van der Waals surface area contributed by atoms with Crippen LogP contribution in [0.4, 0.5) is 14.6 Å². The molecule has 2 aromatic rings. The molecule has 68 valence electrons. The SMILES string of the molecule is Nc1ncnc2sc(C(F)F)nc12. The second kappa shape index (κ2) is 2.84. The lowest BCUT2D eigenvalue weighted by molar-refractivity contribution is 0.151. The van der Waals surface area contributed by atoms with Gasteiger partial charge in [-0.25, -0.2) is 23.7 Å². The summed E-state index contributed by atoms with van der Waals surface area (Å²) in [7, 11) is 0. The van der Waals surface area contributed by atoms with Gasteiger partial charge in [-0.15, -0.1) is 0 Å². The molecule has 0 radical (unpaired) electrons. The number of anilines is 1. The number of rotatable bonds is 1. The summed E-state index contributed by atoms with van der Waals surface area (Å²) in [6, 6.07) is 0. The van der Waals surface area contributed by atoms with Crippen molar-refractivity contribution in [1.29, 1.82) is 0 Å². The molecule has 2 N–H and O–H groups in total. The maximum Gasteiger partial charge on any atom is 0.289 e. The number of hydrogen-bond acceptors (Lipinski definition) is 5. The highest BCUT2D eigenvalue weighted by molar-refractivity contribution is 7.18. The zero-order valence-electron chi connectivity index (χ0n) is 6.24. The first kappa shape index (κ1) is 8.24. The minimum Gasteiger partial charge on any atom is -0.382 e. The number of halogens is 2. The lowest BCUT2D eigenvalue weighted by Crippen LogP contribution is -1.91. The third-order valence-corrected chi connectivity index (χ3v) is 2.40. The molecule has 0 amide bonds. The second-order valence-electron chi connectivity index (χ2n) is 2.27. The molecule has 0 aromatic carbocycles. The predicted molar refractivity (Wildman–Crippen MR) is 44.6 cm³/mol. The fourth-order valence-corrected chi connectivity index (χ4v) is 1.65. The lowest BCUT2D eigenvalue weighted by Gasteiger charge is -1.89. The first-order valence-electron chi connectivity index (χ1n) is 3.33. The van der Waals surface area contributed by atoms with Crippen LogP contribution in [0.15, 0.2) is 6.33 Å². The molecule has 2 heterocycles. The molecule has 4 nitrogen and oxygen atoms in total. The minimum atomic E-state index is -2.58. The number of aromatic nitrogens is 3. The Labute approximate surface area is 75.4 Å². The molecule has 0 unspecified atom stereocenters. The molecule has 0 atom stereocenters. The van der Waals surface area contributed by atoms with E-state index < -0.39 is 6.43 Å². The molecular formula is C6H4F2N4S. The monoisotopic (exact) mass is 202 g/mol. The summed E-state index contributed by atoms with van der Waals surface area (Å²) in [5, 5.41) is -0.276. The smallest absolute Gasteiger partial charge is 0.289 e. The average Bonchev–Trinajstić information content (AvgIpc) is 2.49. The van der Waals surface area contributed by atoms with Gasteiger partial charge in [0.15, 0.2) is 10.8 Å². The third-order valence-electron chi connectivity index (χ3n) is 1.43. The molecular weight excluding hydrogens is 198 g/mol. The summed E-state index contributed by atoms with van der Waals surface area (Å²) in [4.78, 5) is 11.4. The van der Waals surface area contributed by atoms with Crippen LogP contribution in [0.1, 0.15) is 11.4 Å². The van der Waals surface area contributed by atoms with Crippen LogP contribution in [0.3, 0.4) is 0 Å². The van der Waals surface area contributed by atoms with Crippen molar-refractivity contribution in [2.75, 3.05) is 5.73 Å². The zero-order valence-corrected chi connectivity index (χ0v) is 7.05. The fourth-order valence-electron chi connectivity index (χ4n) is 0.881. The Morgan fingerprint density at radius 1 is 1.38 bits per heavy atom. The molecule has 0 aliphatic heterocycles. The summed E-state index contributed by atoms with van der Waals surface area (Å²) >= 11 is 0.827. The van der Waals surface area contributed by atoms with Crippen molar-refractivity contribution >= 4 is 27.5 Å². The Hall–Kier alpha value is -1.37. The molecule has 2 rings (SSSR count). The van der Waals surface area contributed by atoms with E-state index in [4.69, 9.17) is 5.73 Å². The van der Waals surface area contributed by atoms with E-state index in [1.807, 2.05) is 0 Å². The van der Waals surface area contributed by atoms with Crippen LogP contribution in [0, 0.1) is 0 Å². The summed E-state index contributed by atoms with van der Waals surface area (Å²) in [5.41, 5.74) is 5.67. The highest BCUT2D eigenvalue weighted by Crippen LogP contribution is 2.29. The number of nitrogen functional groups attached to an aromatic ring is 1. The van der Waals surface area contributed by atoms with Gasteiger partial charge in [0.05, 0.1) is 0 Å². The number of nitrogens with two attached hydrogens (primary N) is 1. The van der Waals surface area contributed by atoms with Crippen LogP contribution in [0.25, 0.3) is 10.3 Å². The summed E-state index contributed by atoms with van der Waals surface area (Å²) in [6.45, 7) is 0. The maximum absolute atomic E-state index is 12.2. The zero-order chi connectivity index (χ0) is 9.42. The van der Waals surface area contributed by atoms with Crippen molar-refractivity contribution in [3.63, 3.8) is 0 Å². The van der Waals surface area contributed by atoms with Gasteiger partial charge in [0, 0.05) is 0 Å². The minimum absolute atomic E-state index is 0.133. The van der Waals surface area contributed by atoms with E-state index >= 15 is 0 Å². The number of hydrogen-bond donors (Lipinski definition) is 1. The number of nitrogens with zero attached hydrogens (tertiary/aromatic N) is 3. The normalized spacial score (nSPS) is 11.3. The summed E-state index contributed by atoms with van der Waals surface area (Å²) in [5.74, 6) is 0.133. The van der Waals surface area contributed by atoms with Gasteiger partial charge in [0.25, 0.3) is 6.43 Å². The van der Waals surface area contributed by atoms with E-state index in [1.165, 1.54) is 6.33 Å². The standard InChI is InChI=1S/C6H4F2N4S/c7-3(8)6-12-2-4(9)10-1-11-5(2)13-6/h1,3H,(H2,9,10,11). The van der Waals surface area contributed by atoms with Crippen LogP contribution in [-0.2, 0) is 0 Å². The van der Waals surface area contributed by atoms with E-state index in [9.17, 15) is 8.78 Å². The molecule has 0 spiro atoms. The highest BCUT2D eigenvalue weighted by atomic mass is 32.1. The molecule has 2 aromatic heterocycles. The van der Waals surface area contributed by atoms with Crippen LogP contribution in [-0.4, -0.2) is 15.0 Å². The Balaban J connectivity index is 2.68. The Morgan fingerprint density at radius 3 is 2.77 bits per heavy atom.